The molecule has 0 saturated heterocycles. The van der Waals surface area contributed by atoms with Gasteiger partial charge in [-0.25, -0.2) is 4.98 Å². The minimum atomic E-state index is -0.174. The van der Waals surface area contributed by atoms with Gasteiger partial charge in [0.1, 0.15) is 0 Å². The van der Waals surface area contributed by atoms with Gasteiger partial charge in [0.2, 0.25) is 5.95 Å². The van der Waals surface area contributed by atoms with E-state index in [1.807, 2.05) is 0 Å². The standard InChI is InChI=1S/C53H38N4/c1-53(2)43-26-13-9-24-40(43)50-44(53)27-17-31-49(50)56(46-29-15-11-22-38(46)36-20-7-4-8-21-36)51-41-25-10-14-28-45(41)54-52(55-51)57-47-30-16-12-23-39(47)42-34-37(32-33-48(42)57)35-18-5-3-6-19-35/h3-34H,1-2H3. The maximum atomic E-state index is 5.71. The molecule has 8 aromatic carbocycles. The van der Waals surface area contributed by atoms with Gasteiger partial charge in [-0.15, -0.1) is 0 Å². The molecule has 2 aromatic heterocycles. The molecule has 10 aromatic rings. The molecule has 0 unspecified atom stereocenters. The van der Waals surface area contributed by atoms with E-state index in [0.29, 0.717) is 5.95 Å². The first-order chi connectivity index (χ1) is 28.1. The van der Waals surface area contributed by atoms with E-state index in [0.717, 1.165) is 61.0 Å². The number of hydrogen-bond acceptors (Lipinski definition) is 3. The third-order valence-electron chi connectivity index (χ3n) is 11.8. The highest BCUT2D eigenvalue weighted by molar-refractivity contribution is 6.11. The van der Waals surface area contributed by atoms with Gasteiger partial charge in [0.25, 0.3) is 0 Å². The smallest absolute Gasteiger partial charge is 0.237 e. The maximum absolute atomic E-state index is 5.71. The lowest BCUT2D eigenvalue weighted by Gasteiger charge is -2.30. The number of rotatable bonds is 6. The fraction of sp³-hybridized carbons (Fsp3) is 0.0566. The Morgan fingerprint density at radius 1 is 0.439 bits per heavy atom. The summed E-state index contributed by atoms with van der Waals surface area (Å²) in [5.74, 6) is 1.44. The number of benzene rings is 8. The molecule has 4 heteroatoms. The van der Waals surface area contributed by atoms with Gasteiger partial charge in [-0.1, -0.05) is 166 Å². The Kier molecular flexibility index (Phi) is 7.48. The third-order valence-corrected chi connectivity index (χ3v) is 11.8. The van der Waals surface area contributed by atoms with Crippen molar-refractivity contribution in [2.75, 3.05) is 4.90 Å². The van der Waals surface area contributed by atoms with Gasteiger partial charge in [0, 0.05) is 32.7 Å². The summed E-state index contributed by atoms with van der Waals surface area (Å²) in [5, 5.41) is 3.30. The Bertz CT molecular complexity index is 3160. The quantitative estimate of drug-likeness (QED) is 0.171. The molecule has 0 N–H and O–H groups in total. The van der Waals surface area contributed by atoms with E-state index in [-0.39, 0.29) is 5.41 Å². The molecule has 1 aliphatic carbocycles. The molecular formula is C53H38N4. The van der Waals surface area contributed by atoms with Crippen molar-refractivity contribution in [2.45, 2.75) is 19.3 Å². The fourth-order valence-electron chi connectivity index (χ4n) is 9.13. The molecular weight excluding hydrogens is 693 g/mol. The van der Waals surface area contributed by atoms with Crippen LogP contribution in [0.1, 0.15) is 25.0 Å². The molecule has 270 valence electrons. The molecule has 0 atom stereocenters. The molecule has 0 radical (unpaired) electrons. The van der Waals surface area contributed by atoms with Crippen LogP contribution in [0.2, 0.25) is 0 Å². The average molecular weight is 731 g/mol. The molecule has 0 spiro atoms. The summed E-state index contributed by atoms with van der Waals surface area (Å²) in [7, 11) is 0. The third kappa shape index (κ3) is 5.14. The van der Waals surface area contributed by atoms with E-state index in [2.05, 4.69) is 217 Å². The van der Waals surface area contributed by atoms with Crippen LogP contribution in [0, 0.1) is 0 Å². The summed E-state index contributed by atoms with van der Waals surface area (Å²) >= 11 is 0. The molecule has 0 fully saturated rings. The summed E-state index contributed by atoms with van der Waals surface area (Å²) in [6.07, 6.45) is 0. The molecule has 4 nitrogen and oxygen atoms in total. The minimum Gasteiger partial charge on any atom is -0.293 e. The molecule has 0 aliphatic heterocycles. The van der Waals surface area contributed by atoms with Gasteiger partial charge in [0.05, 0.1) is 27.9 Å². The zero-order valence-electron chi connectivity index (χ0n) is 31.8. The van der Waals surface area contributed by atoms with E-state index in [9.17, 15) is 0 Å². The fourth-order valence-corrected chi connectivity index (χ4v) is 9.13. The van der Waals surface area contributed by atoms with E-state index >= 15 is 0 Å². The number of para-hydroxylation sites is 3. The Morgan fingerprint density at radius 3 is 1.88 bits per heavy atom. The van der Waals surface area contributed by atoms with Crippen LogP contribution in [-0.4, -0.2) is 14.5 Å². The lowest BCUT2D eigenvalue weighted by molar-refractivity contribution is 0.660. The first-order valence-electron chi connectivity index (χ1n) is 19.6. The Hall–Kier alpha value is -7.30. The topological polar surface area (TPSA) is 34.0 Å². The Morgan fingerprint density at radius 2 is 1.05 bits per heavy atom. The molecule has 1 aliphatic rings. The van der Waals surface area contributed by atoms with Crippen LogP contribution in [0.5, 0.6) is 0 Å². The number of nitrogens with zero attached hydrogens (tertiary/aromatic N) is 4. The van der Waals surface area contributed by atoms with Crippen LogP contribution in [0.3, 0.4) is 0 Å². The number of hydrogen-bond donors (Lipinski definition) is 0. The van der Waals surface area contributed by atoms with Crippen molar-refractivity contribution in [2.24, 2.45) is 0 Å². The van der Waals surface area contributed by atoms with Crippen molar-refractivity contribution in [3.05, 3.63) is 205 Å². The van der Waals surface area contributed by atoms with Crippen molar-refractivity contribution in [3.63, 3.8) is 0 Å². The van der Waals surface area contributed by atoms with E-state index in [4.69, 9.17) is 9.97 Å². The Labute approximate surface area is 332 Å². The number of anilines is 3. The van der Waals surface area contributed by atoms with Crippen LogP contribution in [0.25, 0.3) is 72.0 Å². The van der Waals surface area contributed by atoms with Gasteiger partial charge < -0.3 is 0 Å². The highest BCUT2D eigenvalue weighted by Crippen LogP contribution is 2.55. The van der Waals surface area contributed by atoms with Crippen LogP contribution < -0.4 is 4.90 Å². The van der Waals surface area contributed by atoms with Crippen molar-refractivity contribution >= 4 is 49.9 Å². The van der Waals surface area contributed by atoms with Gasteiger partial charge in [0.15, 0.2) is 5.82 Å². The monoisotopic (exact) mass is 730 g/mol. The number of fused-ring (bicyclic) bond motifs is 7. The lowest BCUT2D eigenvalue weighted by Crippen LogP contribution is -2.18. The summed E-state index contributed by atoms with van der Waals surface area (Å²) < 4.78 is 2.24. The summed E-state index contributed by atoms with van der Waals surface area (Å²) in [6.45, 7) is 4.68. The van der Waals surface area contributed by atoms with Crippen molar-refractivity contribution in [3.8, 4) is 39.3 Å². The largest absolute Gasteiger partial charge is 0.293 e. The summed E-state index contributed by atoms with van der Waals surface area (Å²) in [4.78, 5) is 13.5. The lowest BCUT2D eigenvalue weighted by atomic mass is 9.82. The van der Waals surface area contributed by atoms with Crippen LogP contribution in [-0.2, 0) is 5.41 Å². The zero-order chi connectivity index (χ0) is 38.1. The van der Waals surface area contributed by atoms with E-state index < -0.39 is 0 Å². The first kappa shape index (κ1) is 33.1. The normalized spacial score (nSPS) is 12.9. The van der Waals surface area contributed by atoms with Crippen LogP contribution in [0.15, 0.2) is 194 Å². The Balaban J connectivity index is 1.23. The highest BCUT2D eigenvalue weighted by Gasteiger charge is 2.38. The molecule has 2 heterocycles. The van der Waals surface area contributed by atoms with Crippen LogP contribution in [0.4, 0.5) is 17.2 Å². The zero-order valence-corrected chi connectivity index (χ0v) is 31.8. The predicted molar refractivity (Wildman–Crippen MR) is 237 cm³/mol. The van der Waals surface area contributed by atoms with E-state index in [1.54, 1.807) is 0 Å². The molecule has 57 heavy (non-hydrogen) atoms. The van der Waals surface area contributed by atoms with Gasteiger partial charge >= 0.3 is 0 Å². The van der Waals surface area contributed by atoms with Gasteiger partial charge in [-0.2, -0.15) is 4.98 Å². The first-order valence-corrected chi connectivity index (χ1v) is 19.6. The van der Waals surface area contributed by atoms with E-state index in [1.165, 1.54) is 33.4 Å². The molecule has 0 bridgehead atoms. The second-order valence-corrected chi connectivity index (χ2v) is 15.4. The van der Waals surface area contributed by atoms with Crippen molar-refractivity contribution < 1.29 is 0 Å². The average Bonchev–Trinajstić information content (AvgIpc) is 3.73. The van der Waals surface area contributed by atoms with Crippen LogP contribution >= 0.6 is 0 Å². The van der Waals surface area contributed by atoms with Crippen molar-refractivity contribution in [1.82, 2.24) is 14.5 Å². The highest BCUT2D eigenvalue weighted by atomic mass is 15.3. The predicted octanol–water partition coefficient (Wildman–Crippen LogP) is 13.8. The minimum absolute atomic E-state index is 0.174. The van der Waals surface area contributed by atoms with Gasteiger partial charge in [-0.3, -0.25) is 9.47 Å². The SMILES string of the molecule is CC1(C)c2ccccc2-c2c(N(c3ccccc3-c3ccccc3)c3nc(-n4c5ccccc5c5cc(-c6ccccc6)ccc54)nc4ccccc34)cccc21. The summed E-state index contributed by atoms with van der Waals surface area (Å²) in [6, 6.07) is 69.4. The molecule has 11 rings (SSSR count). The second kappa shape index (κ2) is 12.9. The van der Waals surface area contributed by atoms with Crippen molar-refractivity contribution in [1.29, 1.82) is 0 Å². The molecule has 0 amide bonds. The second-order valence-electron chi connectivity index (χ2n) is 15.4. The summed E-state index contributed by atoms with van der Waals surface area (Å²) in [5.41, 5.74) is 14.7. The maximum Gasteiger partial charge on any atom is 0.237 e. The number of aromatic nitrogens is 3. The van der Waals surface area contributed by atoms with Gasteiger partial charge in [-0.05, 0) is 75.8 Å². The molecule has 0 saturated carbocycles.